The van der Waals surface area contributed by atoms with Gasteiger partial charge in [0.25, 0.3) is 5.91 Å². The van der Waals surface area contributed by atoms with E-state index in [1.165, 1.54) is 24.3 Å². The molecular weight excluding hydrogens is 416 g/mol. The topological polar surface area (TPSA) is 87.3 Å². The van der Waals surface area contributed by atoms with Gasteiger partial charge in [-0.2, -0.15) is 0 Å². The Hall–Kier alpha value is -3.81. The van der Waals surface area contributed by atoms with Gasteiger partial charge in [0.1, 0.15) is 11.6 Å². The molecule has 3 amide bonds. The molecule has 0 radical (unpaired) electrons. The Balaban J connectivity index is 1.35. The van der Waals surface area contributed by atoms with Gasteiger partial charge in [-0.15, -0.1) is 0 Å². The number of nitrogens with one attached hydrogen (secondary N) is 3. The van der Waals surface area contributed by atoms with E-state index in [0.29, 0.717) is 22.8 Å². The van der Waals surface area contributed by atoms with Crippen molar-refractivity contribution in [1.82, 2.24) is 16.0 Å². The highest BCUT2D eigenvalue weighted by atomic mass is 19.1. The number of rotatable bonds is 9. The lowest BCUT2D eigenvalue weighted by atomic mass is 10.0. The number of halogens is 2. The van der Waals surface area contributed by atoms with Gasteiger partial charge >= 0.3 is 0 Å². The van der Waals surface area contributed by atoms with Crippen molar-refractivity contribution < 1.29 is 23.2 Å². The molecule has 6 nitrogen and oxygen atoms in total. The summed E-state index contributed by atoms with van der Waals surface area (Å²) in [6, 6.07) is 15.3. The minimum atomic E-state index is -0.399. The van der Waals surface area contributed by atoms with Crippen molar-refractivity contribution in [2.75, 3.05) is 19.6 Å². The van der Waals surface area contributed by atoms with Gasteiger partial charge < -0.3 is 16.0 Å². The smallest absolute Gasteiger partial charge is 0.251 e. The van der Waals surface area contributed by atoms with Gasteiger partial charge in [-0.25, -0.2) is 8.78 Å². The SMILES string of the molecule is O=C(CCc1ccc(F)cc1)NCC(=O)NCCNC(=O)c1ccc(F)c2ccccc12. The van der Waals surface area contributed by atoms with Crippen LogP contribution in [0.1, 0.15) is 22.3 Å². The van der Waals surface area contributed by atoms with Crippen molar-refractivity contribution in [3.05, 3.63) is 83.4 Å². The molecule has 0 spiro atoms. The van der Waals surface area contributed by atoms with Crippen molar-refractivity contribution in [3.8, 4) is 0 Å². The molecule has 0 unspecified atom stereocenters. The van der Waals surface area contributed by atoms with Crippen LogP contribution in [0.25, 0.3) is 10.8 Å². The zero-order chi connectivity index (χ0) is 22.9. The summed E-state index contributed by atoms with van der Waals surface area (Å²) in [5.41, 5.74) is 1.18. The maximum atomic E-state index is 13.9. The molecule has 0 heterocycles. The van der Waals surface area contributed by atoms with Crippen LogP contribution in [0.15, 0.2) is 60.7 Å². The van der Waals surface area contributed by atoms with Crippen LogP contribution in [0.2, 0.25) is 0 Å². The van der Waals surface area contributed by atoms with Crippen molar-refractivity contribution in [3.63, 3.8) is 0 Å². The van der Waals surface area contributed by atoms with Gasteiger partial charge in [-0.3, -0.25) is 14.4 Å². The second kappa shape index (κ2) is 11.0. The molecule has 8 heteroatoms. The van der Waals surface area contributed by atoms with Crippen LogP contribution in [0.5, 0.6) is 0 Å². The Morgan fingerprint density at radius 1 is 0.719 bits per heavy atom. The Labute approximate surface area is 184 Å². The highest BCUT2D eigenvalue weighted by Crippen LogP contribution is 2.21. The van der Waals surface area contributed by atoms with Gasteiger partial charge in [0.2, 0.25) is 11.8 Å². The number of fused-ring (bicyclic) bond motifs is 1. The van der Waals surface area contributed by atoms with Crippen molar-refractivity contribution in [2.45, 2.75) is 12.8 Å². The van der Waals surface area contributed by atoms with Crippen LogP contribution in [0, 0.1) is 11.6 Å². The average molecular weight is 439 g/mol. The van der Waals surface area contributed by atoms with Crippen molar-refractivity contribution >= 4 is 28.5 Å². The van der Waals surface area contributed by atoms with E-state index in [1.807, 2.05) is 0 Å². The second-order valence-electron chi connectivity index (χ2n) is 7.15. The molecule has 0 saturated heterocycles. The summed E-state index contributed by atoms with van der Waals surface area (Å²) < 4.78 is 26.8. The first-order valence-corrected chi connectivity index (χ1v) is 10.2. The van der Waals surface area contributed by atoms with Crippen molar-refractivity contribution in [1.29, 1.82) is 0 Å². The highest BCUT2D eigenvalue weighted by Gasteiger charge is 2.12. The number of hydrogen-bond donors (Lipinski definition) is 3. The normalized spacial score (nSPS) is 10.6. The summed E-state index contributed by atoms with van der Waals surface area (Å²) in [5.74, 6) is -1.78. The summed E-state index contributed by atoms with van der Waals surface area (Å²) in [4.78, 5) is 36.1. The lowest BCUT2D eigenvalue weighted by Gasteiger charge is -2.10. The fourth-order valence-electron chi connectivity index (χ4n) is 3.17. The molecule has 0 bridgehead atoms. The van der Waals surface area contributed by atoms with Gasteiger partial charge in [-0.1, -0.05) is 36.4 Å². The molecule has 0 aliphatic carbocycles. The number of benzene rings is 3. The summed E-state index contributed by atoms with van der Waals surface area (Å²) in [6.07, 6.45) is 0.623. The lowest BCUT2D eigenvalue weighted by molar-refractivity contribution is -0.126. The standard InChI is InChI=1S/C24H23F2N3O3/c25-17-8-5-16(6-9-17)7-12-22(30)29-15-23(31)27-13-14-28-24(32)20-10-11-21(26)19-4-2-1-3-18(19)20/h1-6,8-11H,7,12-15H2,(H,27,31)(H,28,32)(H,29,30). The first kappa shape index (κ1) is 22.9. The number of carbonyl (C=O) groups excluding carboxylic acids is 3. The third-order valence-corrected chi connectivity index (χ3v) is 4.85. The fraction of sp³-hybridized carbons (Fsp3) is 0.208. The molecular formula is C24H23F2N3O3. The van der Waals surface area contributed by atoms with Crippen LogP contribution in [0.4, 0.5) is 8.78 Å². The summed E-state index contributed by atoms with van der Waals surface area (Å²) in [6.45, 7) is 0.169. The minimum absolute atomic E-state index is 0.175. The largest absolute Gasteiger partial charge is 0.353 e. The van der Waals surface area contributed by atoms with E-state index in [1.54, 1.807) is 36.4 Å². The molecule has 0 aliphatic heterocycles. The van der Waals surface area contributed by atoms with E-state index >= 15 is 0 Å². The fourth-order valence-corrected chi connectivity index (χ4v) is 3.17. The van der Waals surface area contributed by atoms with Crippen molar-refractivity contribution in [2.24, 2.45) is 0 Å². The minimum Gasteiger partial charge on any atom is -0.353 e. The van der Waals surface area contributed by atoms with E-state index in [2.05, 4.69) is 16.0 Å². The second-order valence-corrected chi connectivity index (χ2v) is 7.15. The van der Waals surface area contributed by atoms with E-state index in [0.717, 1.165) is 5.56 Å². The van der Waals surface area contributed by atoms with Gasteiger partial charge in [0.05, 0.1) is 6.54 Å². The Kier molecular flexibility index (Phi) is 7.85. The number of carbonyl (C=O) groups is 3. The molecule has 3 aromatic rings. The van der Waals surface area contributed by atoms with Gasteiger partial charge in [-0.05, 0) is 41.6 Å². The molecule has 0 saturated carbocycles. The van der Waals surface area contributed by atoms with Gasteiger partial charge in [0, 0.05) is 30.5 Å². The maximum absolute atomic E-state index is 13.9. The third kappa shape index (κ3) is 6.34. The van der Waals surface area contributed by atoms with Crippen LogP contribution in [-0.2, 0) is 16.0 Å². The molecule has 166 valence electrons. The molecule has 0 aliphatic rings. The molecule has 32 heavy (non-hydrogen) atoms. The number of aryl methyl sites for hydroxylation is 1. The maximum Gasteiger partial charge on any atom is 0.251 e. The Morgan fingerprint density at radius 2 is 1.41 bits per heavy atom. The average Bonchev–Trinajstić information content (AvgIpc) is 2.80. The monoisotopic (exact) mass is 439 g/mol. The number of amides is 3. The zero-order valence-electron chi connectivity index (χ0n) is 17.3. The van der Waals surface area contributed by atoms with E-state index in [4.69, 9.17) is 0 Å². The van der Waals surface area contributed by atoms with Crippen LogP contribution in [0.3, 0.4) is 0 Å². The number of hydrogen-bond acceptors (Lipinski definition) is 3. The summed E-state index contributed by atoms with van der Waals surface area (Å²) in [5, 5.41) is 8.68. The summed E-state index contributed by atoms with van der Waals surface area (Å²) >= 11 is 0. The highest BCUT2D eigenvalue weighted by molar-refractivity contribution is 6.07. The van der Waals surface area contributed by atoms with Crippen LogP contribution >= 0.6 is 0 Å². The van der Waals surface area contributed by atoms with Crippen LogP contribution in [-0.4, -0.2) is 37.4 Å². The first-order chi connectivity index (χ1) is 15.4. The molecule has 0 fully saturated rings. The summed E-state index contributed by atoms with van der Waals surface area (Å²) in [7, 11) is 0. The third-order valence-electron chi connectivity index (χ3n) is 4.85. The quantitative estimate of drug-likeness (QED) is 0.448. The Bertz CT molecular complexity index is 1120. The molecule has 3 rings (SSSR count). The van der Waals surface area contributed by atoms with Gasteiger partial charge in [0.15, 0.2) is 0 Å². The van der Waals surface area contributed by atoms with E-state index in [9.17, 15) is 23.2 Å². The molecule has 3 aromatic carbocycles. The van der Waals surface area contributed by atoms with Crippen LogP contribution < -0.4 is 16.0 Å². The van der Waals surface area contributed by atoms with E-state index < -0.39 is 5.82 Å². The Morgan fingerprint density at radius 3 is 2.16 bits per heavy atom. The molecule has 0 aromatic heterocycles. The molecule has 3 N–H and O–H groups in total. The predicted molar refractivity (Wildman–Crippen MR) is 117 cm³/mol. The zero-order valence-corrected chi connectivity index (χ0v) is 17.3. The predicted octanol–water partition coefficient (Wildman–Crippen LogP) is 2.71. The van der Waals surface area contributed by atoms with E-state index in [-0.39, 0.29) is 49.6 Å². The first-order valence-electron chi connectivity index (χ1n) is 10.2. The molecule has 0 atom stereocenters. The lowest BCUT2D eigenvalue weighted by Crippen LogP contribution is -2.40.